The van der Waals surface area contributed by atoms with Gasteiger partial charge in [0.25, 0.3) is 0 Å². The first kappa shape index (κ1) is 11.9. The first-order valence-corrected chi connectivity index (χ1v) is 5.93. The number of hydrogen-bond acceptors (Lipinski definition) is 4. The van der Waals surface area contributed by atoms with Gasteiger partial charge in [0.15, 0.2) is 0 Å². The van der Waals surface area contributed by atoms with Gasteiger partial charge >= 0.3 is 0 Å². The number of aromatic nitrogens is 2. The fourth-order valence-corrected chi connectivity index (χ4v) is 1.88. The molecule has 1 aromatic rings. The minimum Gasteiger partial charge on any atom is -0.300 e. The third kappa shape index (κ3) is 3.52. The van der Waals surface area contributed by atoms with E-state index >= 15 is 0 Å². The van der Waals surface area contributed by atoms with E-state index in [4.69, 9.17) is 11.6 Å². The van der Waals surface area contributed by atoms with Crippen LogP contribution in [0.5, 0.6) is 0 Å². The van der Waals surface area contributed by atoms with E-state index in [0.29, 0.717) is 10.3 Å². The highest BCUT2D eigenvalue weighted by Crippen LogP contribution is 2.18. The lowest BCUT2D eigenvalue weighted by Crippen LogP contribution is -2.24. The summed E-state index contributed by atoms with van der Waals surface area (Å²) in [6.07, 6.45) is 1.20. The summed E-state index contributed by atoms with van der Waals surface area (Å²) in [5.74, 6) is 0.713. The standard InChI is InChI=1S/C9H16ClN3S/c1-4-7(2)5-13(3)6-8-9(10)14-12-11-8/h7H,4-6H2,1-3H3. The van der Waals surface area contributed by atoms with Crippen LogP contribution in [0.4, 0.5) is 0 Å². The predicted molar refractivity (Wildman–Crippen MR) is 60.7 cm³/mol. The van der Waals surface area contributed by atoms with Crippen molar-refractivity contribution in [3.63, 3.8) is 0 Å². The molecule has 0 saturated carbocycles. The number of halogens is 1. The van der Waals surface area contributed by atoms with Crippen LogP contribution >= 0.6 is 23.1 Å². The highest BCUT2D eigenvalue weighted by molar-refractivity contribution is 7.10. The Morgan fingerprint density at radius 2 is 2.29 bits per heavy atom. The zero-order valence-corrected chi connectivity index (χ0v) is 10.4. The van der Waals surface area contributed by atoms with Crippen molar-refractivity contribution < 1.29 is 0 Å². The molecule has 0 aliphatic carbocycles. The van der Waals surface area contributed by atoms with Crippen molar-refractivity contribution in [3.8, 4) is 0 Å². The Morgan fingerprint density at radius 3 is 2.79 bits per heavy atom. The van der Waals surface area contributed by atoms with Crippen LogP contribution in [0.1, 0.15) is 26.0 Å². The van der Waals surface area contributed by atoms with Crippen LogP contribution in [0.3, 0.4) is 0 Å². The van der Waals surface area contributed by atoms with Crippen LogP contribution in [-0.4, -0.2) is 28.1 Å². The van der Waals surface area contributed by atoms with E-state index < -0.39 is 0 Å². The number of nitrogens with zero attached hydrogens (tertiary/aromatic N) is 3. The van der Waals surface area contributed by atoms with Crippen LogP contribution in [-0.2, 0) is 6.54 Å². The summed E-state index contributed by atoms with van der Waals surface area (Å²) in [7, 11) is 2.09. The molecule has 1 heterocycles. The van der Waals surface area contributed by atoms with Gasteiger partial charge in [-0.15, -0.1) is 5.10 Å². The van der Waals surface area contributed by atoms with Gasteiger partial charge in [0.05, 0.1) is 0 Å². The second kappa shape index (κ2) is 5.63. The number of hydrogen-bond donors (Lipinski definition) is 0. The SMILES string of the molecule is CCC(C)CN(C)Cc1nnsc1Cl. The highest BCUT2D eigenvalue weighted by Gasteiger charge is 2.10. The summed E-state index contributed by atoms with van der Waals surface area (Å²) in [5, 5.41) is 3.98. The van der Waals surface area contributed by atoms with Crippen LogP contribution in [0, 0.1) is 5.92 Å². The Bertz CT molecular complexity index is 277. The second-order valence-electron chi connectivity index (χ2n) is 3.70. The first-order chi connectivity index (χ1) is 6.63. The minimum absolute atomic E-state index is 0.709. The molecule has 0 bridgehead atoms. The molecular weight excluding hydrogens is 218 g/mol. The zero-order valence-electron chi connectivity index (χ0n) is 8.83. The van der Waals surface area contributed by atoms with E-state index in [0.717, 1.165) is 18.8 Å². The lowest BCUT2D eigenvalue weighted by Gasteiger charge is -2.19. The van der Waals surface area contributed by atoms with Crippen LogP contribution in [0.25, 0.3) is 0 Å². The molecule has 1 rings (SSSR count). The molecule has 1 atom stereocenters. The first-order valence-electron chi connectivity index (χ1n) is 4.78. The lowest BCUT2D eigenvalue weighted by molar-refractivity contribution is 0.272. The predicted octanol–water partition coefficient (Wildman–Crippen LogP) is 2.67. The van der Waals surface area contributed by atoms with Crippen molar-refractivity contribution in [2.24, 2.45) is 5.92 Å². The molecule has 80 valence electrons. The van der Waals surface area contributed by atoms with Gasteiger partial charge in [-0.1, -0.05) is 36.4 Å². The van der Waals surface area contributed by atoms with E-state index in [1.54, 1.807) is 0 Å². The van der Waals surface area contributed by atoms with Crippen LogP contribution < -0.4 is 0 Å². The van der Waals surface area contributed by atoms with Crippen molar-refractivity contribution in [1.29, 1.82) is 0 Å². The van der Waals surface area contributed by atoms with Crippen molar-refractivity contribution in [2.75, 3.05) is 13.6 Å². The van der Waals surface area contributed by atoms with E-state index in [1.165, 1.54) is 18.0 Å². The molecule has 0 aromatic carbocycles. The average Bonchev–Trinajstić information content (AvgIpc) is 2.51. The third-order valence-corrected chi connectivity index (χ3v) is 3.23. The summed E-state index contributed by atoms with van der Waals surface area (Å²) in [6, 6.07) is 0. The maximum atomic E-state index is 5.92. The van der Waals surface area contributed by atoms with Crippen molar-refractivity contribution in [3.05, 3.63) is 10.0 Å². The van der Waals surface area contributed by atoms with E-state index in [9.17, 15) is 0 Å². The maximum absolute atomic E-state index is 5.92. The summed E-state index contributed by atoms with van der Waals surface area (Å²) < 4.78 is 4.52. The fraction of sp³-hybridized carbons (Fsp3) is 0.778. The van der Waals surface area contributed by atoms with E-state index in [1.807, 2.05) is 0 Å². The van der Waals surface area contributed by atoms with Crippen LogP contribution in [0.2, 0.25) is 4.34 Å². The molecule has 3 nitrogen and oxygen atoms in total. The van der Waals surface area contributed by atoms with Gasteiger partial charge in [-0.2, -0.15) is 0 Å². The smallest absolute Gasteiger partial charge is 0.138 e. The Labute approximate surface area is 94.2 Å². The second-order valence-corrected chi connectivity index (χ2v) is 5.06. The largest absolute Gasteiger partial charge is 0.300 e. The molecular formula is C9H16ClN3S. The molecule has 0 N–H and O–H groups in total. The van der Waals surface area contributed by atoms with Gasteiger partial charge in [-0.3, -0.25) is 0 Å². The molecule has 0 radical (unpaired) electrons. The molecule has 0 amide bonds. The Morgan fingerprint density at radius 1 is 1.57 bits per heavy atom. The molecule has 14 heavy (non-hydrogen) atoms. The molecule has 0 aliphatic rings. The summed E-state index contributed by atoms with van der Waals surface area (Å²) in [5.41, 5.74) is 0.891. The van der Waals surface area contributed by atoms with Gasteiger partial charge in [0, 0.05) is 24.6 Å². The Hall–Kier alpha value is -0.190. The molecule has 0 fully saturated rings. The summed E-state index contributed by atoms with van der Waals surface area (Å²) in [4.78, 5) is 2.23. The summed E-state index contributed by atoms with van der Waals surface area (Å²) >= 11 is 7.17. The van der Waals surface area contributed by atoms with Crippen molar-refractivity contribution in [1.82, 2.24) is 14.5 Å². The van der Waals surface area contributed by atoms with Crippen molar-refractivity contribution in [2.45, 2.75) is 26.8 Å². The fourth-order valence-electron chi connectivity index (χ4n) is 1.27. The topological polar surface area (TPSA) is 29.0 Å². The normalized spacial score (nSPS) is 13.5. The van der Waals surface area contributed by atoms with Gasteiger partial charge in [0.1, 0.15) is 10.0 Å². The van der Waals surface area contributed by atoms with Crippen molar-refractivity contribution >= 4 is 23.1 Å². The molecule has 5 heteroatoms. The Kier molecular flexibility index (Phi) is 4.78. The minimum atomic E-state index is 0.709. The molecule has 0 aliphatic heterocycles. The zero-order chi connectivity index (χ0) is 10.6. The van der Waals surface area contributed by atoms with Gasteiger partial charge in [-0.25, -0.2) is 0 Å². The molecule has 1 unspecified atom stereocenters. The lowest BCUT2D eigenvalue weighted by atomic mass is 10.1. The molecule has 0 spiro atoms. The number of rotatable bonds is 5. The average molecular weight is 234 g/mol. The maximum Gasteiger partial charge on any atom is 0.138 e. The third-order valence-electron chi connectivity index (χ3n) is 2.25. The van der Waals surface area contributed by atoms with Gasteiger partial charge < -0.3 is 4.90 Å². The van der Waals surface area contributed by atoms with Gasteiger partial charge in [0.2, 0.25) is 0 Å². The Balaban J connectivity index is 2.41. The van der Waals surface area contributed by atoms with Crippen LogP contribution in [0.15, 0.2) is 0 Å². The van der Waals surface area contributed by atoms with E-state index in [2.05, 4.69) is 35.4 Å². The molecule has 1 aromatic heterocycles. The quantitative estimate of drug-likeness (QED) is 0.783. The highest BCUT2D eigenvalue weighted by atomic mass is 35.5. The van der Waals surface area contributed by atoms with E-state index in [-0.39, 0.29) is 0 Å². The molecule has 0 saturated heterocycles. The monoisotopic (exact) mass is 233 g/mol. The summed E-state index contributed by atoms with van der Waals surface area (Å²) in [6.45, 7) is 6.32. The van der Waals surface area contributed by atoms with Gasteiger partial charge in [-0.05, 0) is 13.0 Å².